The first-order valence-electron chi connectivity index (χ1n) is 5.84. The van der Waals surface area contributed by atoms with E-state index in [1.54, 1.807) is 12.1 Å². The molecule has 1 heterocycles. The molecule has 4 nitrogen and oxygen atoms in total. The van der Waals surface area contributed by atoms with Crippen molar-refractivity contribution in [1.29, 1.82) is 0 Å². The van der Waals surface area contributed by atoms with Gasteiger partial charge in [-0.3, -0.25) is 0 Å². The van der Waals surface area contributed by atoms with Crippen LogP contribution < -0.4 is 10.2 Å². The van der Waals surface area contributed by atoms with E-state index < -0.39 is 7.12 Å². The summed E-state index contributed by atoms with van der Waals surface area (Å²) < 4.78 is 10.9. The molecule has 2 N–H and O–H groups in total. The topological polar surface area (TPSA) is 58.9 Å². The maximum atomic E-state index is 9.27. The van der Waals surface area contributed by atoms with Crippen LogP contribution in [-0.4, -0.2) is 37.0 Å². The molecule has 1 aliphatic rings. The van der Waals surface area contributed by atoms with Crippen LogP contribution in [0, 0.1) is 12.8 Å². The fourth-order valence-corrected chi connectivity index (χ4v) is 1.92. The van der Waals surface area contributed by atoms with Crippen molar-refractivity contribution >= 4 is 12.6 Å². The lowest BCUT2D eigenvalue weighted by Gasteiger charge is -2.14. The lowest BCUT2D eigenvalue weighted by molar-refractivity contribution is 0.167. The summed E-state index contributed by atoms with van der Waals surface area (Å²) in [5.41, 5.74) is 1.40. The molecule has 1 atom stereocenters. The van der Waals surface area contributed by atoms with E-state index in [9.17, 15) is 10.0 Å². The minimum Gasteiger partial charge on any atom is -0.494 e. The Kier molecular flexibility index (Phi) is 4.04. The van der Waals surface area contributed by atoms with E-state index in [0.29, 0.717) is 23.7 Å². The molecule has 0 aromatic heterocycles. The molecule has 1 aliphatic heterocycles. The van der Waals surface area contributed by atoms with E-state index in [-0.39, 0.29) is 0 Å². The molecule has 5 heteroatoms. The SMILES string of the molecule is Cc1ccc(OCC2CCOC2)c(B(O)O)c1. The Balaban J connectivity index is 2.03. The van der Waals surface area contributed by atoms with Crippen molar-refractivity contribution in [3.8, 4) is 5.75 Å². The summed E-state index contributed by atoms with van der Waals surface area (Å²) in [5, 5.41) is 18.5. The van der Waals surface area contributed by atoms with E-state index in [1.165, 1.54) is 0 Å². The van der Waals surface area contributed by atoms with Crippen LogP contribution in [0.2, 0.25) is 0 Å². The van der Waals surface area contributed by atoms with Crippen LogP contribution in [0.4, 0.5) is 0 Å². The minimum absolute atomic E-state index is 0.403. The monoisotopic (exact) mass is 236 g/mol. The zero-order valence-electron chi connectivity index (χ0n) is 9.93. The third kappa shape index (κ3) is 3.22. The second-order valence-electron chi connectivity index (χ2n) is 4.46. The average Bonchev–Trinajstić information content (AvgIpc) is 2.80. The van der Waals surface area contributed by atoms with E-state index in [0.717, 1.165) is 25.2 Å². The number of ether oxygens (including phenoxy) is 2. The maximum absolute atomic E-state index is 9.27. The van der Waals surface area contributed by atoms with Gasteiger partial charge in [0.2, 0.25) is 0 Å². The van der Waals surface area contributed by atoms with Crippen LogP contribution in [0.1, 0.15) is 12.0 Å². The zero-order chi connectivity index (χ0) is 12.3. The van der Waals surface area contributed by atoms with Gasteiger partial charge in [-0.05, 0) is 19.4 Å². The molecule has 2 rings (SSSR count). The van der Waals surface area contributed by atoms with Gasteiger partial charge >= 0.3 is 7.12 Å². The van der Waals surface area contributed by atoms with Gasteiger partial charge in [-0.15, -0.1) is 0 Å². The Morgan fingerprint density at radius 3 is 2.94 bits per heavy atom. The summed E-state index contributed by atoms with van der Waals surface area (Å²) in [6, 6.07) is 5.40. The minimum atomic E-state index is -1.50. The highest BCUT2D eigenvalue weighted by Gasteiger charge is 2.20. The van der Waals surface area contributed by atoms with Crippen LogP contribution in [0.25, 0.3) is 0 Å². The lowest BCUT2D eigenvalue weighted by atomic mass is 9.79. The molecular formula is C12H17BO4. The van der Waals surface area contributed by atoms with Crippen molar-refractivity contribution in [2.75, 3.05) is 19.8 Å². The van der Waals surface area contributed by atoms with E-state index >= 15 is 0 Å². The van der Waals surface area contributed by atoms with Crippen molar-refractivity contribution in [3.63, 3.8) is 0 Å². The molecule has 1 fully saturated rings. The summed E-state index contributed by atoms with van der Waals surface area (Å²) in [7, 11) is -1.50. The first-order chi connectivity index (χ1) is 8.16. The summed E-state index contributed by atoms with van der Waals surface area (Å²) in [4.78, 5) is 0. The molecule has 0 saturated carbocycles. The predicted molar refractivity (Wildman–Crippen MR) is 65.4 cm³/mol. The molecule has 1 aromatic carbocycles. The molecule has 0 amide bonds. The molecule has 1 aromatic rings. The lowest BCUT2D eigenvalue weighted by Crippen LogP contribution is -2.32. The second kappa shape index (κ2) is 5.53. The summed E-state index contributed by atoms with van der Waals surface area (Å²) >= 11 is 0. The van der Waals surface area contributed by atoms with Crippen LogP contribution in [0.3, 0.4) is 0 Å². The number of rotatable bonds is 4. The third-order valence-corrected chi connectivity index (χ3v) is 2.94. The van der Waals surface area contributed by atoms with Gasteiger partial charge in [0.1, 0.15) is 5.75 Å². The van der Waals surface area contributed by atoms with Crippen LogP contribution in [0.15, 0.2) is 18.2 Å². The average molecular weight is 236 g/mol. The first kappa shape index (κ1) is 12.4. The highest BCUT2D eigenvalue weighted by molar-refractivity contribution is 6.59. The van der Waals surface area contributed by atoms with Crippen LogP contribution in [0.5, 0.6) is 5.75 Å². The highest BCUT2D eigenvalue weighted by atomic mass is 16.5. The Morgan fingerprint density at radius 1 is 1.47 bits per heavy atom. The van der Waals surface area contributed by atoms with Gasteiger partial charge in [0.15, 0.2) is 0 Å². The fourth-order valence-electron chi connectivity index (χ4n) is 1.92. The van der Waals surface area contributed by atoms with Gasteiger partial charge in [-0.25, -0.2) is 0 Å². The first-order valence-corrected chi connectivity index (χ1v) is 5.84. The molecule has 1 unspecified atom stereocenters. The largest absolute Gasteiger partial charge is 0.494 e. The van der Waals surface area contributed by atoms with Crippen molar-refractivity contribution in [3.05, 3.63) is 23.8 Å². The van der Waals surface area contributed by atoms with Gasteiger partial charge in [0.05, 0.1) is 13.2 Å². The summed E-state index contributed by atoms with van der Waals surface area (Å²) in [6.45, 7) is 3.98. The van der Waals surface area contributed by atoms with Crippen molar-refractivity contribution < 1.29 is 19.5 Å². The van der Waals surface area contributed by atoms with Gasteiger partial charge in [-0.1, -0.05) is 17.7 Å². The predicted octanol–water partition coefficient (Wildman–Crippen LogP) is 0.0901. The smallest absolute Gasteiger partial charge is 0.492 e. The Labute approximate surface area is 101 Å². The Morgan fingerprint density at radius 2 is 2.29 bits per heavy atom. The van der Waals surface area contributed by atoms with Gasteiger partial charge in [-0.2, -0.15) is 0 Å². The van der Waals surface area contributed by atoms with Crippen molar-refractivity contribution in [2.24, 2.45) is 5.92 Å². The summed E-state index contributed by atoms with van der Waals surface area (Å²) in [6.07, 6.45) is 1.00. The molecule has 1 saturated heterocycles. The van der Waals surface area contributed by atoms with Gasteiger partial charge < -0.3 is 19.5 Å². The number of benzene rings is 1. The van der Waals surface area contributed by atoms with Crippen LogP contribution in [-0.2, 0) is 4.74 Å². The highest BCUT2D eigenvalue weighted by Crippen LogP contribution is 2.16. The third-order valence-electron chi connectivity index (χ3n) is 2.94. The van der Waals surface area contributed by atoms with E-state index in [4.69, 9.17) is 9.47 Å². The second-order valence-corrected chi connectivity index (χ2v) is 4.46. The number of aryl methyl sites for hydroxylation is 1. The van der Waals surface area contributed by atoms with Crippen molar-refractivity contribution in [2.45, 2.75) is 13.3 Å². The van der Waals surface area contributed by atoms with Crippen LogP contribution >= 0.6 is 0 Å². The van der Waals surface area contributed by atoms with E-state index in [2.05, 4.69) is 0 Å². The summed E-state index contributed by atoms with van der Waals surface area (Å²) in [5.74, 6) is 0.942. The quantitative estimate of drug-likeness (QED) is 0.727. The van der Waals surface area contributed by atoms with Gasteiger partial charge in [0, 0.05) is 18.0 Å². The fraction of sp³-hybridized carbons (Fsp3) is 0.500. The Hall–Kier alpha value is -1.04. The van der Waals surface area contributed by atoms with E-state index in [1.807, 2.05) is 13.0 Å². The standard InChI is InChI=1S/C12H17BO4/c1-9-2-3-12(11(6-9)13(14)15)17-8-10-4-5-16-7-10/h2-3,6,10,14-15H,4-5,7-8H2,1H3. The zero-order valence-corrected chi connectivity index (χ0v) is 9.93. The molecule has 17 heavy (non-hydrogen) atoms. The number of hydrogen-bond acceptors (Lipinski definition) is 4. The molecule has 92 valence electrons. The number of hydrogen-bond donors (Lipinski definition) is 2. The normalized spacial score (nSPS) is 19.4. The molecule has 0 bridgehead atoms. The Bertz CT molecular complexity index is 375. The molecular weight excluding hydrogens is 219 g/mol. The van der Waals surface area contributed by atoms with Crippen molar-refractivity contribution in [1.82, 2.24) is 0 Å². The molecule has 0 aliphatic carbocycles. The molecule has 0 radical (unpaired) electrons. The molecule has 0 spiro atoms. The maximum Gasteiger partial charge on any atom is 0.492 e. The van der Waals surface area contributed by atoms with Gasteiger partial charge in [0.25, 0.3) is 0 Å².